The standard InChI is InChI=1S/C29H30/c1-14-8-9-15(2)21-20(14)25-24-18(5)12-13-19(6)26(24)29(7)27(21)22-16(3)10-11-17(4)23(22)28(25)29/h8-13,25,27-28H,1-7H3. The van der Waals surface area contributed by atoms with Crippen molar-refractivity contribution < 1.29 is 0 Å². The molecule has 0 spiro atoms. The lowest BCUT2D eigenvalue weighted by atomic mass is 9.60. The number of fused-ring (bicyclic) bond motifs is 7. The van der Waals surface area contributed by atoms with E-state index in [0.29, 0.717) is 17.8 Å². The van der Waals surface area contributed by atoms with Crippen LogP contribution in [0.2, 0.25) is 0 Å². The van der Waals surface area contributed by atoms with Gasteiger partial charge in [-0.3, -0.25) is 0 Å². The van der Waals surface area contributed by atoms with Gasteiger partial charge in [-0.2, -0.15) is 0 Å². The van der Waals surface area contributed by atoms with Crippen molar-refractivity contribution in [2.24, 2.45) is 0 Å². The van der Waals surface area contributed by atoms with Crippen molar-refractivity contribution in [1.29, 1.82) is 0 Å². The minimum atomic E-state index is 0.154. The zero-order chi connectivity index (χ0) is 20.4. The summed E-state index contributed by atoms with van der Waals surface area (Å²) < 4.78 is 0. The number of hydrogen-bond donors (Lipinski definition) is 0. The van der Waals surface area contributed by atoms with Crippen LogP contribution in [0.25, 0.3) is 0 Å². The van der Waals surface area contributed by atoms with Gasteiger partial charge >= 0.3 is 0 Å². The summed E-state index contributed by atoms with van der Waals surface area (Å²) in [6, 6.07) is 14.2. The first-order valence-corrected chi connectivity index (χ1v) is 11.1. The molecule has 29 heavy (non-hydrogen) atoms. The third-order valence-corrected chi connectivity index (χ3v) is 8.75. The highest BCUT2D eigenvalue weighted by molar-refractivity contribution is 5.75. The quantitative estimate of drug-likeness (QED) is 0.388. The number of aryl methyl sites for hydroxylation is 6. The lowest BCUT2D eigenvalue weighted by Gasteiger charge is -2.42. The summed E-state index contributed by atoms with van der Waals surface area (Å²) in [5, 5.41) is 0. The zero-order valence-electron chi connectivity index (χ0n) is 18.7. The maximum atomic E-state index is 2.59. The van der Waals surface area contributed by atoms with Crippen LogP contribution in [-0.2, 0) is 5.41 Å². The summed E-state index contributed by atoms with van der Waals surface area (Å²) in [7, 11) is 0. The van der Waals surface area contributed by atoms with E-state index in [-0.39, 0.29) is 5.41 Å². The van der Waals surface area contributed by atoms with E-state index in [1.165, 1.54) is 33.4 Å². The van der Waals surface area contributed by atoms with Crippen molar-refractivity contribution in [1.82, 2.24) is 0 Å². The van der Waals surface area contributed by atoms with Gasteiger partial charge in [0.15, 0.2) is 0 Å². The van der Waals surface area contributed by atoms with E-state index < -0.39 is 0 Å². The minimum absolute atomic E-state index is 0.154. The Morgan fingerprint density at radius 3 is 1.52 bits per heavy atom. The molecular formula is C29H30. The number of benzene rings is 3. The molecule has 0 fully saturated rings. The van der Waals surface area contributed by atoms with E-state index in [1.54, 1.807) is 33.4 Å². The topological polar surface area (TPSA) is 0 Å². The molecule has 3 aromatic rings. The molecule has 3 aliphatic carbocycles. The molecule has 0 aliphatic heterocycles. The SMILES string of the molecule is Cc1ccc(C)c2c1C1c3c(C)ccc(C)c3C3(C)C2c2c(C)ccc(C)c2C13. The van der Waals surface area contributed by atoms with Crippen molar-refractivity contribution in [3.63, 3.8) is 0 Å². The van der Waals surface area contributed by atoms with Crippen molar-refractivity contribution >= 4 is 0 Å². The highest BCUT2D eigenvalue weighted by Gasteiger charge is 2.65. The Labute approximate surface area is 175 Å². The predicted octanol–water partition coefficient (Wildman–Crippen LogP) is 7.18. The van der Waals surface area contributed by atoms with Crippen LogP contribution < -0.4 is 0 Å². The minimum Gasteiger partial charge on any atom is -0.0588 e. The molecular weight excluding hydrogens is 348 g/mol. The highest BCUT2D eigenvalue weighted by Crippen LogP contribution is 2.75. The highest BCUT2D eigenvalue weighted by atomic mass is 14.7. The molecule has 0 saturated heterocycles. The molecule has 4 atom stereocenters. The monoisotopic (exact) mass is 378 g/mol. The Morgan fingerprint density at radius 1 is 0.517 bits per heavy atom. The van der Waals surface area contributed by atoms with E-state index in [9.17, 15) is 0 Å². The lowest BCUT2D eigenvalue weighted by molar-refractivity contribution is 0.356. The summed E-state index contributed by atoms with van der Waals surface area (Å²) in [5.41, 5.74) is 18.9. The van der Waals surface area contributed by atoms with Gasteiger partial charge in [-0.15, -0.1) is 0 Å². The van der Waals surface area contributed by atoms with Crippen molar-refractivity contribution in [2.75, 3.05) is 0 Å². The molecule has 0 amide bonds. The fraction of sp³-hybridized carbons (Fsp3) is 0.379. The first-order chi connectivity index (χ1) is 13.8. The van der Waals surface area contributed by atoms with Gasteiger partial charge in [0.05, 0.1) is 0 Å². The van der Waals surface area contributed by atoms with Gasteiger partial charge in [-0.25, -0.2) is 0 Å². The average Bonchev–Trinajstić information content (AvgIpc) is 2.98. The normalized spacial score (nSPS) is 27.6. The maximum absolute atomic E-state index is 2.59. The van der Waals surface area contributed by atoms with Gasteiger partial charge in [0.25, 0.3) is 0 Å². The molecule has 4 bridgehead atoms. The van der Waals surface area contributed by atoms with Crippen molar-refractivity contribution in [2.45, 2.75) is 71.6 Å². The molecule has 0 N–H and O–H groups in total. The third-order valence-electron chi connectivity index (χ3n) is 8.75. The van der Waals surface area contributed by atoms with E-state index in [1.807, 2.05) is 0 Å². The Morgan fingerprint density at radius 2 is 0.931 bits per heavy atom. The van der Waals surface area contributed by atoms with Gasteiger partial charge in [-0.1, -0.05) is 43.3 Å². The van der Waals surface area contributed by atoms with Crippen LogP contribution in [0.1, 0.15) is 91.4 Å². The summed E-state index contributed by atoms with van der Waals surface area (Å²) in [6.07, 6.45) is 0. The molecule has 0 nitrogen and oxygen atoms in total. The Kier molecular flexibility index (Phi) is 3.15. The van der Waals surface area contributed by atoms with E-state index in [4.69, 9.17) is 0 Å². The van der Waals surface area contributed by atoms with Crippen molar-refractivity contribution in [3.05, 3.63) is 103 Å². The first kappa shape index (κ1) is 17.5. The lowest BCUT2D eigenvalue weighted by Crippen LogP contribution is -2.35. The van der Waals surface area contributed by atoms with Gasteiger partial charge in [0.1, 0.15) is 0 Å². The molecule has 0 heterocycles. The fourth-order valence-electron chi connectivity index (χ4n) is 7.76. The molecule has 6 rings (SSSR count). The predicted molar refractivity (Wildman–Crippen MR) is 122 cm³/mol. The summed E-state index contributed by atoms with van der Waals surface area (Å²) in [5.74, 6) is 1.52. The van der Waals surface area contributed by atoms with E-state index >= 15 is 0 Å². The van der Waals surface area contributed by atoms with Crippen LogP contribution in [0.3, 0.4) is 0 Å². The first-order valence-electron chi connectivity index (χ1n) is 11.1. The second kappa shape index (κ2) is 5.22. The summed E-state index contributed by atoms with van der Waals surface area (Å²) in [6.45, 7) is 16.6. The Bertz CT molecular complexity index is 1240. The fourth-order valence-corrected chi connectivity index (χ4v) is 7.76. The number of rotatable bonds is 0. The van der Waals surface area contributed by atoms with Crippen LogP contribution in [0.4, 0.5) is 0 Å². The van der Waals surface area contributed by atoms with Crippen molar-refractivity contribution in [3.8, 4) is 0 Å². The number of hydrogen-bond acceptors (Lipinski definition) is 0. The maximum Gasteiger partial charge on any atom is 0.0201 e. The van der Waals surface area contributed by atoms with Crippen LogP contribution >= 0.6 is 0 Å². The van der Waals surface area contributed by atoms with E-state index in [2.05, 4.69) is 84.9 Å². The zero-order valence-corrected chi connectivity index (χ0v) is 18.7. The van der Waals surface area contributed by atoms with Gasteiger partial charge in [0.2, 0.25) is 0 Å². The van der Waals surface area contributed by atoms with Gasteiger partial charge in [-0.05, 0) is 108 Å². The molecule has 4 unspecified atom stereocenters. The molecule has 0 aromatic heterocycles. The summed E-state index contributed by atoms with van der Waals surface area (Å²) >= 11 is 0. The smallest absolute Gasteiger partial charge is 0.0201 e. The third kappa shape index (κ3) is 1.75. The molecule has 0 radical (unpaired) electrons. The van der Waals surface area contributed by atoms with Gasteiger partial charge in [0, 0.05) is 23.2 Å². The van der Waals surface area contributed by atoms with Crippen LogP contribution in [-0.4, -0.2) is 0 Å². The molecule has 3 aliphatic rings. The molecule has 0 saturated carbocycles. The molecule has 0 heteroatoms. The van der Waals surface area contributed by atoms with Crippen LogP contribution in [0.15, 0.2) is 36.4 Å². The second-order valence-electron chi connectivity index (χ2n) is 10.2. The largest absolute Gasteiger partial charge is 0.0588 e. The van der Waals surface area contributed by atoms with E-state index in [0.717, 1.165) is 0 Å². The summed E-state index contributed by atoms with van der Waals surface area (Å²) in [4.78, 5) is 0. The average molecular weight is 379 g/mol. The Balaban J connectivity index is 1.88. The Hall–Kier alpha value is -2.34. The molecule has 146 valence electrons. The molecule has 3 aromatic carbocycles. The van der Waals surface area contributed by atoms with Crippen LogP contribution in [0.5, 0.6) is 0 Å². The van der Waals surface area contributed by atoms with Gasteiger partial charge < -0.3 is 0 Å². The second-order valence-corrected chi connectivity index (χ2v) is 10.2. The van der Waals surface area contributed by atoms with Crippen LogP contribution in [0, 0.1) is 41.5 Å².